The molecule has 1 aliphatic rings. The highest BCUT2D eigenvalue weighted by molar-refractivity contribution is 8.00. The van der Waals surface area contributed by atoms with E-state index in [1.807, 2.05) is 0 Å². The van der Waals surface area contributed by atoms with Crippen LogP contribution in [0.25, 0.3) is 0 Å². The molecule has 2 aromatic rings. The Balaban J connectivity index is 2.08. The van der Waals surface area contributed by atoms with Crippen molar-refractivity contribution in [3.8, 4) is 0 Å². The molecule has 3 rings (SSSR count). The van der Waals surface area contributed by atoms with Gasteiger partial charge in [-0.3, -0.25) is 9.69 Å². The van der Waals surface area contributed by atoms with Crippen LogP contribution in [0.5, 0.6) is 0 Å². The highest BCUT2D eigenvalue weighted by Crippen LogP contribution is 2.44. The number of benzene rings is 2. The molecule has 0 bridgehead atoms. The summed E-state index contributed by atoms with van der Waals surface area (Å²) in [6.45, 7) is 0. The molecule has 108 valence electrons. The predicted molar refractivity (Wildman–Crippen MR) is 79.9 cm³/mol. The Bertz CT molecular complexity index is 708. The SMILES string of the molecule is Nc1ccccc1C1SCC(=O)N1c1cc(F)ccc1F. The van der Waals surface area contributed by atoms with Gasteiger partial charge in [0.05, 0.1) is 11.4 Å². The molecule has 0 aromatic heterocycles. The first-order valence-corrected chi connectivity index (χ1v) is 7.36. The predicted octanol–water partition coefficient (Wildman–Crippen LogP) is 3.33. The van der Waals surface area contributed by atoms with Crippen LogP contribution in [0.15, 0.2) is 42.5 Å². The maximum absolute atomic E-state index is 14.0. The van der Waals surface area contributed by atoms with Crippen LogP contribution in [0, 0.1) is 11.6 Å². The number of nitrogen functional groups attached to an aromatic ring is 1. The van der Waals surface area contributed by atoms with Gasteiger partial charge in [-0.2, -0.15) is 0 Å². The maximum atomic E-state index is 14.0. The lowest BCUT2D eigenvalue weighted by Crippen LogP contribution is -2.29. The summed E-state index contributed by atoms with van der Waals surface area (Å²) < 4.78 is 27.4. The Morgan fingerprint density at radius 2 is 1.95 bits per heavy atom. The second kappa shape index (κ2) is 5.37. The summed E-state index contributed by atoms with van der Waals surface area (Å²) in [5.41, 5.74) is 7.12. The fourth-order valence-electron chi connectivity index (χ4n) is 2.32. The third kappa shape index (κ3) is 2.47. The molecule has 1 saturated heterocycles. The monoisotopic (exact) mass is 306 g/mol. The van der Waals surface area contributed by atoms with E-state index in [-0.39, 0.29) is 17.3 Å². The Morgan fingerprint density at radius 3 is 2.71 bits per heavy atom. The number of amides is 1. The summed E-state index contributed by atoms with van der Waals surface area (Å²) >= 11 is 1.34. The van der Waals surface area contributed by atoms with Crippen LogP contribution in [-0.4, -0.2) is 11.7 Å². The Morgan fingerprint density at radius 1 is 1.19 bits per heavy atom. The molecular formula is C15H12F2N2OS. The summed E-state index contributed by atoms with van der Waals surface area (Å²) in [6, 6.07) is 10.2. The number of para-hydroxylation sites is 1. The van der Waals surface area contributed by atoms with Gasteiger partial charge in [0.25, 0.3) is 0 Å². The number of anilines is 2. The highest BCUT2D eigenvalue weighted by atomic mass is 32.2. The summed E-state index contributed by atoms with van der Waals surface area (Å²) in [4.78, 5) is 13.4. The third-order valence-electron chi connectivity index (χ3n) is 3.30. The largest absolute Gasteiger partial charge is 0.398 e. The third-order valence-corrected chi connectivity index (χ3v) is 4.49. The Hall–Kier alpha value is -2.08. The van der Waals surface area contributed by atoms with E-state index in [2.05, 4.69) is 0 Å². The summed E-state index contributed by atoms with van der Waals surface area (Å²) in [6.07, 6.45) is 0. The van der Waals surface area contributed by atoms with Crippen molar-refractivity contribution in [3.63, 3.8) is 0 Å². The molecule has 6 heteroatoms. The zero-order valence-corrected chi connectivity index (χ0v) is 11.7. The van der Waals surface area contributed by atoms with Crippen molar-refractivity contribution in [2.24, 2.45) is 0 Å². The van der Waals surface area contributed by atoms with Gasteiger partial charge in [0, 0.05) is 17.3 Å². The van der Waals surface area contributed by atoms with Crippen LogP contribution in [0.1, 0.15) is 10.9 Å². The van der Waals surface area contributed by atoms with Gasteiger partial charge in [0.2, 0.25) is 5.91 Å². The van der Waals surface area contributed by atoms with Gasteiger partial charge in [-0.1, -0.05) is 18.2 Å². The van der Waals surface area contributed by atoms with Gasteiger partial charge in [-0.15, -0.1) is 11.8 Å². The molecule has 1 amide bonds. The summed E-state index contributed by atoms with van der Waals surface area (Å²) in [5.74, 6) is -1.28. The molecule has 2 aromatic carbocycles. The van der Waals surface area contributed by atoms with E-state index >= 15 is 0 Å². The van der Waals surface area contributed by atoms with Crippen molar-refractivity contribution < 1.29 is 13.6 Å². The number of thioether (sulfide) groups is 1. The van der Waals surface area contributed by atoms with Crippen molar-refractivity contribution >= 4 is 29.0 Å². The second-order valence-electron chi connectivity index (χ2n) is 4.65. The molecule has 1 atom stereocenters. The minimum Gasteiger partial charge on any atom is -0.398 e. The van der Waals surface area contributed by atoms with Crippen molar-refractivity contribution in [1.29, 1.82) is 0 Å². The number of hydrogen-bond donors (Lipinski definition) is 1. The molecule has 1 heterocycles. The minimum absolute atomic E-state index is 0.0572. The molecule has 1 aliphatic heterocycles. The Kier molecular flexibility index (Phi) is 3.55. The van der Waals surface area contributed by atoms with E-state index in [9.17, 15) is 13.6 Å². The van der Waals surface area contributed by atoms with E-state index in [1.54, 1.807) is 24.3 Å². The van der Waals surface area contributed by atoms with Crippen molar-refractivity contribution in [1.82, 2.24) is 0 Å². The number of hydrogen-bond acceptors (Lipinski definition) is 3. The summed E-state index contributed by atoms with van der Waals surface area (Å²) in [7, 11) is 0. The highest BCUT2D eigenvalue weighted by Gasteiger charge is 2.36. The maximum Gasteiger partial charge on any atom is 0.238 e. The van der Waals surface area contributed by atoms with Crippen molar-refractivity contribution in [2.75, 3.05) is 16.4 Å². The molecule has 1 fully saturated rings. The van der Waals surface area contributed by atoms with Crippen molar-refractivity contribution in [3.05, 3.63) is 59.7 Å². The number of carbonyl (C=O) groups excluding carboxylic acids is 1. The molecule has 0 aliphatic carbocycles. The molecule has 21 heavy (non-hydrogen) atoms. The standard InChI is InChI=1S/C15H12F2N2OS/c16-9-5-6-11(17)13(7-9)19-14(20)8-21-15(19)10-3-1-2-4-12(10)18/h1-7,15H,8,18H2. The smallest absolute Gasteiger partial charge is 0.238 e. The lowest BCUT2D eigenvalue weighted by Gasteiger charge is -2.25. The second-order valence-corrected chi connectivity index (χ2v) is 5.72. The minimum atomic E-state index is -0.633. The molecule has 2 N–H and O–H groups in total. The van der Waals surface area contributed by atoms with Crippen LogP contribution < -0.4 is 10.6 Å². The average Bonchev–Trinajstić information content (AvgIpc) is 2.84. The van der Waals surface area contributed by atoms with Gasteiger partial charge < -0.3 is 5.73 Å². The average molecular weight is 306 g/mol. The Labute approximate surface area is 124 Å². The number of nitrogens with two attached hydrogens (primary N) is 1. The van der Waals surface area contributed by atoms with E-state index in [1.165, 1.54) is 16.7 Å². The first kappa shape index (κ1) is 13.9. The van der Waals surface area contributed by atoms with Crippen LogP contribution in [-0.2, 0) is 4.79 Å². The van der Waals surface area contributed by atoms with Gasteiger partial charge >= 0.3 is 0 Å². The van der Waals surface area contributed by atoms with Gasteiger partial charge in [0.1, 0.15) is 17.0 Å². The first-order chi connectivity index (χ1) is 10.1. The quantitative estimate of drug-likeness (QED) is 0.866. The number of nitrogens with zero attached hydrogens (tertiary/aromatic N) is 1. The van der Waals surface area contributed by atoms with E-state index in [0.717, 1.165) is 23.8 Å². The molecular weight excluding hydrogens is 294 g/mol. The molecule has 0 saturated carbocycles. The molecule has 0 spiro atoms. The fourth-order valence-corrected chi connectivity index (χ4v) is 3.53. The van der Waals surface area contributed by atoms with Crippen LogP contribution in [0.2, 0.25) is 0 Å². The normalized spacial score (nSPS) is 18.3. The van der Waals surface area contributed by atoms with Crippen LogP contribution >= 0.6 is 11.8 Å². The van der Waals surface area contributed by atoms with Gasteiger partial charge in [-0.25, -0.2) is 8.78 Å². The van der Waals surface area contributed by atoms with E-state index in [0.29, 0.717) is 5.69 Å². The molecule has 1 unspecified atom stereocenters. The van der Waals surface area contributed by atoms with Crippen LogP contribution in [0.3, 0.4) is 0 Å². The lowest BCUT2D eigenvalue weighted by molar-refractivity contribution is -0.115. The van der Waals surface area contributed by atoms with Crippen molar-refractivity contribution in [2.45, 2.75) is 5.37 Å². The lowest BCUT2D eigenvalue weighted by atomic mass is 10.1. The number of halogens is 2. The van der Waals surface area contributed by atoms with E-state index in [4.69, 9.17) is 5.73 Å². The van der Waals surface area contributed by atoms with Gasteiger partial charge in [-0.05, 0) is 18.2 Å². The topological polar surface area (TPSA) is 46.3 Å². The zero-order valence-electron chi connectivity index (χ0n) is 10.9. The molecule has 0 radical (unpaired) electrons. The van der Waals surface area contributed by atoms with Gasteiger partial charge in [0.15, 0.2) is 0 Å². The number of rotatable bonds is 2. The first-order valence-electron chi connectivity index (χ1n) is 6.31. The van der Waals surface area contributed by atoms with Crippen LogP contribution in [0.4, 0.5) is 20.2 Å². The van der Waals surface area contributed by atoms with E-state index < -0.39 is 17.0 Å². The molecule has 3 nitrogen and oxygen atoms in total. The zero-order chi connectivity index (χ0) is 15.0. The number of carbonyl (C=O) groups is 1. The summed E-state index contributed by atoms with van der Waals surface area (Å²) in [5, 5.41) is -0.449. The fraction of sp³-hybridized carbons (Fsp3) is 0.133.